The maximum absolute atomic E-state index is 13.4. The van der Waals surface area contributed by atoms with Gasteiger partial charge >= 0.3 is 0 Å². The highest BCUT2D eigenvalue weighted by Crippen LogP contribution is 2.42. The summed E-state index contributed by atoms with van der Waals surface area (Å²) in [7, 11) is 3.28. The predicted octanol–water partition coefficient (Wildman–Crippen LogP) is 7.22. The van der Waals surface area contributed by atoms with E-state index in [-0.39, 0.29) is 5.78 Å². The third-order valence-electron chi connectivity index (χ3n) is 5.80. The van der Waals surface area contributed by atoms with Gasteiger partial charge in [0.15, 0.2) is 0 Å². The summed E-state index contributed by atoms with van der Waals surface area (Å²) in [5, 5.41) is 0.776. The van der Waals surface area contributed by atoms with Crippen LogP contribution >= 0.6 is 27.3 Å². The summed E-state index contributed by atoms with van der Waals surface area (Å²) < 4.78 is 11.5. The van der Waals surface area contributed by atoms with E-state index in [0.29, 0.717) is 21.0 Å². The first kappa shape index (κ1) is 23.1. The predicted molar refractivity (Wildman–Crippen MR) is 146 cm³/mol. The zero-order valence-corrected chi connectivity index (χ0v) is 21.4. The summed E-state index contributed by atoms with van der Waals surface area (Å²) in [6, 6.07) is 24.8. The van der Waals surface area contributed by atoms with E-state index in [1.807, 2.05) is 66.7 Å². The standard InChI is InChI=1S/C28H21BrN2O3S/c1-33-20-11-5-16(6-12-20)22-15-23(17-7-13-21(34-2)14-8-17)31-28-24(22)25(30)27(35-28)26(32)18-3-9-19(29)10-4-18/h3-15H,30H2,1-2H3. The molecule has 0 radical (unpaired) electrons. The molecule has 5 nitrogen and oxygen atoms in total. The fourth-order valence-corrected chi connectivity index (χ4v) is 5.28. The Bertz CT molecular complexity index is 1530. The highest BCUT2D eigenvalue weighted by atomic mass is 79.9. The van der Waals surface area contributed by atoms with E-state index in [0.717, 1.165) is 43.7 Å². The Labute approximate surface area is 215 Å². The van der Waals surface area contributed by atoms with Crippen LogP contribution < -0.4 is 15.2 Å². The lowest BCUT2D eigenvalue weighted by atomic mass is 9.98. The van der Waals surface area contributed by atoms with E-state index >= 15 is 0 Å². The van der Waals surface area contributed by atoms with Gasteiger partial charge < -0.3 is 15.2 Å². The van der Waals surface area contributed by atoms with Gasteiger partial charge in [-0.05, 0) is 77.9 Å². The highest BCUT2D eigenvalue weighted by molar-refractivity contribution is 9.10. The summed E-state index contributed by atoms with van der Waals surface area (Å²) in [5.41, 5.74) is 11.2. The molecule has 5 aromatic rings. The second-order valence-corrected chi connectivity index (χ2v) is 9.79. The first-order chi connectivity index (χ1) is 17.0. The molecule has 0 saturated heterocycles. The number of pyridine rings is 1. The Kier molecular flexibility index (Phi) is 6.28. The first-order valence-electron chi connectivity index (χ1n) is 10.8. The van der Waals surface area contributed by atoms with Gasteiger partial charge in [-0.25, -0.2) is 4.98 Å². The molecule has 0 spiro atoms. The number of ketones is 1. The summed E-state index contributed by atoms with van der Waals surface area (Å²) in [5.74, 6) is 1.41. The van der Waals surface area contributed by atoms with Crippen LogP contribution in [0.4, 0.5) is 5.69 Å². The number of methoxy groups -OCH3 is 2. The molecule has 0 bridgehead atoms. The van der Waals surface area contributed by atoms with Crippen molar-refractivity contribution < 1.29 is 14.3 Å². The molecular formula is C28H21BrN2O3S. The van der Waals surface area contributed by atoms with Gasteiger partial charge in [0.05, 0.1) is 25.6 Å². The molecule has 35 heavy (non-hydrogen) atoms. The van der Waals surface area contributed by atoms with Crippen molar-refractivity contribution in [1.29, 1.82) is 0 Å². The van der Waals surface area contributed by atoms with Crippen LogP contribution in [0.5, 0.6) is 11.5 Å². The number of aromatic nitrogens is 1. The average molecular weight is 545 g/mol. The Morgan fingerprint density at radius 3 is 2.00 bits per heavy atom. The van der Waals surface area contributed by atoms with Gasteiger partial charge in [0, 0.05) is 21.0 Å². The van der Waals surface area contributed by atoms with Gasteiger partial charge in [-0.1, -0.05) is 28.1 Å². The molecule has 0 amide bonds. The Balaban J connectivity index is 1.71. The average Bonchev–Trinajstić information content (AvgIpc) is 3.24. The van der Waals surface area contributed by atoms with Crippen LogP contribution in [0.3, 0.4) is 0 Å². The van der Waals surface area contributed by atoms with E-state index in [2.05, 4.69) is 15.9 Å². The summed E-state index contributed by atoms with van der Waals surface area (Å²) in [6.07, 6.45) is 0. The Morgan fingerprint density at radius 1 is 0.857 bits per heavy atom. The topological polar surface area (TPSA) is 74.4 Å². The van der Waals surface area contributed by atoms with Crippen LogP contribution in [0.15, 0.2) is 83.3 Å². The number of ether oxygens (including phenoxy) is 2. The van der Waals surface area contributed by atoms with Gasteiger partial charge in [0.2, 0.25) is 5.78 Å². The van der Waals surface area contributed by atoms with Crippen molar-refractivity contribution in [3.05, 3.63) is 93.8 Å². The van der Waals surface area contributed by atoms with Crippen molar-refractivity contribution in [2.24, 2.45) is 0 Å². The third kappa shape index (κ3) is 4.40. The largest absolute Gasteiger partial charge is 0.497 e. The fraction of sp³-hybridized carbons (Fsp3) is 0.0714. The zero-order chi connectivity index (χ0) is 24.5. The Hall–Kier alpha value is -3.68. The molecule has 0 unspecified atom stereocenters. The number of nitrogens with two attached hydrogens (primary N) is 1. The zero-order valence-electron chi connectivity index (χ0n) is 19.0. The number of carbonyl (C=O) groups excluding carboxylic acids is 1. The van der Waals surface area contributed by atoms with Crippen molar-refractivity contribution in [2.75, 3.05) is 20.0 Å². The molecule has 0 aliphatic heterocycles. The number of nitrogen functional groups attached to an aromatic ring is 1. The lowest BCUT2D eigenvalue weighted by molar-refractivity contribution is 0.104. The molecule has 0 aliphatic carbocycles. The van der Waals surface area contributed by atoms with E-state index < -0.39 is 0 Å². The van der Waals surface area contributed by atoms with Crippen LogP contribution in [0, 0.1) is 0 Å². The van der Waals surface area contributed by atoms with Gasteiger partial charge in [0.1, 0.15) is 21.2 Å². The van der Waals surface area contributed by atoms with Gasteiger partial charge in [-0.15, -0.1) is 11.3 Å². The molecule has 0 fully saturated rings. The van der Waals surface area contributed by atoms with Crippen molar-refractivity contribution in [3.63, 3.8) is 0 Å². The fourth-order valence-electron chi connectivity index (χ4n) is 3.93. The number of carbonyl (C=O) groups is 1. The number of fused-ring (bicyclic) bond motifs is 1. The molecule has 2 N–H and O–H groups in total. The van der Waals surface area contributed by atoms with Crippen molar-refractivity contribution in [2.45, 2.75) is 0 Å². The molecule has 2 heterocycles. The van der Waals surface area contributed by atoms with E-state index in [9.17, 15) is 4.79 Å². The molecule has 0 aliphatic rings. The number of thiophene rings is 1. The van der Waals surface area contributed by atoms with Crippen LogP contribution in [0.25, 0.3) is 32.6 Å². The maximum atomic E-state index is 13.4. The number of rotatable bonds is 6. The summed E-state index contributed by atoms with van der Waals surface area (Å²) in [4.78, 5) is 19.5. The molecule has 0 atom stereocenters. The normalized spacial score (nSPS) is 10.9. The number of hydrogen-bond acceptors (Lipinski definition) is 6. The van der Waals surface area contributed by atoms with Crippen molar-refractivity contribution in [1.82, 2.24) is 4.98 Å². The molecular weight excluding hydrogens is 524 g/mol. The second kappa shape index (κ2) is 9.52. The summed E-state index contributed by atoms with van der Waals surface area (Å²) in [6.45, 7) is 0. The quantitative estimate of drug-likeness (QED) is 0.228. The van der Waals surface area contributed by atoms with Gasteiger partial charge in [-0.2, -0.15) is 0 Å². The molecule has 3 aromatic carbocycles. The van der Waals surface area contributed by atoms with Gasteiger partial charge in [0.25, 0.3) is 0 Å². The number of nitrogens with zero attached hydrogens (tertiary/aromatic N) is 1. The second-order valence-electron chi connectivity index (χ2n) is 7.87. The maximum Gasteiger partial charge on any atom is 0.205 e. The number of halogens is 1. The number of hydrogen-bond donors (Lipinski definition) is 1. The third-order valence-corrected chi connectivity index (χ3v) is 7.43. The molecule has 174 valence electrons. The summed E-state index contributed by atoms with van der Waals surface area (Å²) >= 11 is 4.74. The minimum absolute atomic E-state index is 0.121. The molecule has 5 rings (SSSR count). The molecule has 7 heteroatoms. The smallest absolute Gasteiger partial charge is 0.205 e. The van der Waals surface area contributed by atoms with Crippen molar-refractivity contribution >= 4 is 49.0 Å². The van der Waals surface area contributed by atoms with E-state index in [1.54, 1.807) is 26.4 Å². The lowest BCUT2D eigenvalue weighted by Gasteiger charge is -2.10. The highest BCUT2D eigenvalue weighted by Gasteiger charge is 2.22. The van der Waals surface area contributed by atoms with Crippen LogP contribution in [0.2, 0.25) is 0 Å². The number of anilines is 1. The number of benzene rings is 3. The van der Waals surface area contributed by atoms with Crippen LogP contribution in [-0.2, 0) is 0 Å². The first-order valence-corrected chi connectivity index (χ1v) is 12.4. The SMILES string of the molecule is COc1ccc(-c2cc(-c3ccc(OC)cc3)c3c(N)c(C(=O)c4ccc(Br)cc4)sc3n2)cc1. The van der Waals surface area contributed by atoms with Crippen LogP contribution in [-0.4, -0.2) is 25.0 Å². The lowest BCUT2D eigenvalue weighted by Crippen LogP contribution is -2.02. The molecule has 0 saturated carbocycles. The van der Waals surface area contributed by atoms with Gasteiger partial charge in [-0.3, -0.25) is 4.79 Å². The van der Waals surface area contributed by atoms with Crippen LogP contribution in [0.1, 0.15) is 15.2 Å². The van der Waals surface area contributed by atoms with Crippen molar-refractivity contribution in [3.8, 4) is 33.9 Å². The monoisotopic (exact) mass is 544 g/mol. The molecule has 2 aromatic heterocycles. The minimum atomic E-state index is -0.121. The Morgan fingerprint density at radius 2 is 1.43 bits per heavy atom. The van der Waals surface area contributed by atoms with E-state index in [4.69, 9.17) is 20.2 Å². The minimum Gasteiger partial charge on any atom is -0.497 e. The van der Waals surface area contributed by atoms with E-state index in [1.165, 1.54) is 11.3 Å².